The van der Waals surface area contributed by atoms with Crippen molar-refractivity contribution in [3.8, 4) is 22.6 Å². The molecule has 0 amide bonds. The van der Waals surface area contributed by atoms with E-state index in [4.69, 9.17) is 9.97 Å². The summed E-state index contributed by atoms with van der Waals surface area (Å²) in [5.74, 6) is 1.96. The predicted molar refractivity (Wildman–Crippen MR) is 249 cm³/mol. The maximum absolute atomic E-state index is 14.9. The lowest BCUT2D eigenvalue weighted by Crippen LogP contribution is -2.41. The van der Waals surface area contributed by atoms with Crippen molar-refractivity contribution in [2.24, 2.45) is 11.8 Å². The number of anilines is 5. The van der Waals surface area contributed by atoms with Crippen molar-refractivity contribution in [2.75, 3.05) is 9.80 Å². The minimum atomic E-state index is -3.88. The Morgan fingerprint density at radius 3 is 2.02 bits per heavy atom. The van der Waals surface area contributed by atoms with Crippen molar-refractivity contribution in [1.82, 2.24) is 9.97 Å². The van der Waals surface area contributed by atoms with Crippen LogP contribution >= 0.6 is 0 Å². The van der Waals surface area contributed by atoms with E-state index in [1.54, 1.807) is 6.07 Å². The summed E-state index contributed by atoms with van der Waals surface area (Å²) in [5.41, 5.74) is 13.5. The molecule has 300 valence electrons. The molecule has 0 fully saturated rings. The standard InChI is InChI=1S/C55H42N4O2S/c1-35-26-28-41-40(32-35)52-43(29-31-50-53(52)58(39-20-10-5-11-21-39)48-24-14-15-25-49(48)62(50,60)61)55(41)42-22-12-13-23-46(42)59(47-30-27-36(2)33-44(47)55)51-34-45(37-16-6-3-7-17-37)56-54(57-51)38-18-8-4-9-19-38/h3-31,34-36H,32-33H2,1-2H3. The van der Waals surface area contributed by atoms with Crippen LogP contribution in [-0.2, 0) is 15.3 Å². The highest BCUT2D eigenvalue weighted by atomic mass is 32.2. The van der Waals surface area contributed by atoms with Crippen LogP contribution < -0.4 is 9.80 Å². The number of allylic oxidation sites excluding steroid dienone is 7. The molecule has 0 N–H and O–H groups in total. The molecule has 1 spiro atoms. The molecule has 12 rings (SSSR count). The van der Waals surface area contributed by atoms with Gasteiger partial charge in [-0.1, -0.05) is 147 Å². The smallest absolute Gasteiger partial charge is 0.210 e. The van der Waals surface area contributed by atoms with Crippen LogP contribution in [0.15, 0.2) is 209 Å². The molecule has 6 nitrogen and oxygen atoms in total. The molecular formula is C55H42N4O2S. The zero-order chi connectivity index (χ0) is 41.7. The summed E-state index contributed by atoms with van der Waals surface area (Å²) in [6.07, 6.45) is 10.9. The van der Waals surface area contributed by atoms with Crippen molar-refractivity contribution >= 4 is 44.0 Å². The third kappa shape index (κ3) is 5.18. The Morgan fingerprint density at radius 2 is 1.24 bits per heavy atom. The van der Waals surface area contributed by atoms with Crippen LogP contribution in [0.25, 0.3) is 28.2 Å². The Bertz CT molecular complexity index is 3190. The third-order valence-corrected chi connectivity index (χ3v) is 15.2. The molecule has 2 aliphatic heterocycles. The average molecular weight is 823 g/mol. The van der Waals surface area contributed by atoms with Gasteiger partial charge in [-0.25, -0.2) is 18.4 Å². The van der Waals surface area contributed by atoms with Gasteiger partial charge in [-0.15, -0.1) is 0 Å². The molecule has 3 unspecified atom stereocenters. The van der Waals surface area contributed by atoms with Gasteiger partial charge in [-0.05, 0) is 95.0 Å². The van der Waals surface area contributed by atoms with Crippen LogP contribution in [0, 0.1) is 11.8 Å². The molecule has 3 heterocycles. The molecule has 0 bridgehead atoms. The second kappa shape index (κ2) is 13.7. The molecule has 7 heteroatoms. The SMILES string of the molecule is CC1C=CC2=C(C1)c1c(ccc3c1N(c1ccccc1)c1ccccc1S3(=O)=O)C21C2=C(C=CC(C)C2)N(c2cc(-c3ccccc3)nc(-c3ccccc3)n2)c2ccccc21. The van der Waals surface area contributed by atoms with Gasteiger partial charge in [0.05, 0.1) is 38.0 Å². The number of aromatic nitrogens is 2. The summed E-state index contributed by atoms with van der Waals surface area (Å²) < 4.78 is 29.8. The van der Waals surface area contributed by atoms with Gasteiger partial charge in [0.15, 0.2) is 5.82 Å². The highest BCUT2D eigenvalue weighted by Crippen LogP contribution is 2.67. The first-order valence-corrected chi connectivity index (χ1v) is 22.9. The highest BCUT2D eigenvalue weighted by Gasteiger charge is 2.56. The highest BCUT2D eigenvalue weighted by molar-refractivity contribution is 7.92. The summed E-state index contributed by atoms with van der Waals surface area (Å²) in [6, 6.07) is 53.2. The van der Waals surface area contributed by atoms with E-state index in [2.05, 4.69) is 121 Å². The topological polar surface area (TPSA) is 66.4 Å². The second-order valence-corrected chi connectivity index (χ2v) is 19.0. The van der Waals surface area contributed by atoms with Crippen LogP contribution in [0.5, 0.6) is 0 Å². The predicted octanol–water partition coefficient (Wildman–Crippen LogP) is 13.1. The second-order valence-electron chi connectivity index (χ2n) is 17.1. The Hall–Kier alpha value is -7.09. The van der Waals surface area contributed by atoms with Gasteiger partial charge in [0.25, 0.3) is 0 Å². The lowest BCUT2D eigenvalue weighted by atomic mass is 9.60. The minimum Gasteiger partial charge on any atom is -0.307 e. The number of hydrogen-bond donors (Lipinski definition) is 0. The quantitative estimate of drug-likeness (QED) is 0.176. The number of hydrogen-bond acceptors (Lipinski definition) is 6. The van der Waals surface area contributed by atoms with Gasteiger partial charge in [0.1, 0.15) is 5.82 Å². The average Bonchev–Trinajstić information content (AvgIpc) is 3.60. The van der Waals surface area contributed by atoms with Crippen molar-refractivity contribution in [2.45, 2.75) is 41.9 Å². The summed E-state index contributed by atoms with van der Waals surface area (Å²) in [7, 11) is -3.88. The van der Waals surface area contributed by atoms with Crippen LogP contribution in [0.1, 0.15) is 43.4 Å². The maximum atomic E-state index is 14.9. The number of sulfone groups is 1. The monoisotopic (exact) mass is 822 g/mol. The molecule has 0 radical (unpaired) electrons. The van der Waals surface area contributed by atoms with Crippen molar-refractivity contribution in [3.05, 3.63) is 216 Å². The summed E-state index contributed by atoms with van der Waals surface area (Å²) in [5, 5.41) is 0. The number of nitrogens with zero attached hydrogens (tertiary/aromatic N) is 4. The molecular weight excluding hydrogens is 781 g/mol. The fourth-order valence-corrected chi connectivity index (χ4v) is 12.4. The van der Waals surface area contributed by atoms with E-state index >= 15 is 0 Å². The molecule has 6 aromatic carbocycles. The fraction of sp³-hybridized carbons (Fsp3) is 0.127. The van der Waals surface area contributed by atoms with Crippen molar-refractivity contribution in [1.29, 1.82) is 0 Å². The first-order chi connectivity index (χ1) is 30.3. The first kappa shape index (κ1) is 36.7. The number of para-hydroxylation sites is 3. The zero-order valence-electron chi connectivity index (χ0n) is 34.4. The van der Waals surface area contributed by atoms with Gasteiger partial charge >= 0.3 is 0 Å². The number of benzene rings is 6. The Morgan fingerprint density at radius 1 is 0.597 bits per heavy atom. The molecule has 1 aromatic heterocycles. The Labute approximate surface area is 362 Å². The van der Waals surface area contributed by atoms with Crippen molar-refractivity contribution < 1.29 is 8.42 Å². The van der Waals surface area contributed by atoms with Gasteiger partial charge in [0, 0.05) is 34.1 Å². The normalized spacial score (nSPS) is 21.3. The fourth-order valence-electron chi connectivity index (χ4n) is 10.7. The van der Waals surface area contributed by atoms with E-state index in [0.29, 0.717) is 21.3 Å². The van der Waals surface area contributed by atoms with Gasteiger partial charge in [-0.3, -0.25) is 4.90 Å². The first-order valence-electron chi connectivity index (χ1n) is 21.4. The number of rotatable bonds is 4. The third-order valence-electron chi connectivity index (χ3n) is 13.3. The van der Waals surface area contributed by atoms with Gasteiger partial charge in [-0.2, -0.15) is 0 Å². The molecule has 0 saturated carbocycles. The molecule has 3 atom stereocenters. The minimum absolute atomic E-state index is 0.257. The van der Waals surface area contributed by atoms with Crippen molar-refractivity contribution in [3.63, 3.8) is 0 Å². The van der Waals surface area contributed by atoms with Crippen LogP contribution in [-0.4, -0.2) is 18.4 Å². The Kier molecular flexibility index (Phi) is 8.12. The van der Waals surface area contributed by atoms with Gasteiger partial charge < -0.3 is 4.90 Å². The van der Waals surface area contributed by atoms with E-state index in [-0.39, 0.29) is 11.8 Å². The lowest BCUT2D eigenvalue weighted by molar-refractivity contribution is 0.588. The summed E-state index contributed by atoms with van der Waals surface area (Å²) >= 11 is 0. The molecule has 0 saturated heterocycles. The van der Waals surface area contributed by atoms with E-state index in [1.807, 2.05) is 78.9 Å². The van der Waals surface area contributed by atoms with Crippen LogP contribution in [0.4, 0.5) is 28.6 Å². The maximum Gasteiger partial charge on any atom is 0.210 e. The summed E-state index contributed by atoms with van der Waals surface area (Å²) in [4.78, 5) is 15.8. The van der Waals surface area contributed by atoms with E-state index < -0.39 is 15.3 Å². The van der Waals surface area contributed by atoms with E-state index in [1.165, 1.54) is 16.7 Å². The van der Waals surface area contributed by atoms with E-state index in [9.17, 15) is 8.42 Å². The zero-order valence-corrected chi connectivity index (χ0v) is 35.2. The van der Waals surface area contributed by atoms with Crippen LogP contribution in [0.2, 0.25) is 0 Å². The van der Waals surface area contributed by atoms with Gasteiger partial charge in [0.2, 0.25) is 9.84 Å². The molecule has 5 aliphatic rings. The van der Waals surface area contributed by atoms with E-state index in [0.717, 1.165) is 74.9 Å². The largest absolute Gasteiger partial charge is 0.307 e. The lowest BCUT2D eigenvalue weighted by Gasteiger charge is -2.48. The summed E-state index contributed by atoms with van der Waals surface area (Å²) in [6.45, 7) is 4.56. The molecule has 62 heavy (non-hydrogen) atoms. The Balaban J connectivity index is 1.18. The molecule has 3 aliphatic carbocycles. The van der Waals surface area contributed by atoms with Crippen LogP contribution in [0.3, 0.4) is 0 Å². The number of fused-ring (bicyclic) bond motifs is 10. The molecule has 7 aromatic rings.